The van der Waals surface area contributed by atoms with Gasteiger partial charge in [0.25, 0.3) is 11.6 Å². The lowest BCUT2D eigenvalue weighted by Gasteiger charge is -1.97. The normalized spacial score (nSPS) is 10.9. The summed E-state index contributed by atoms with van der Waals surface area (Å²) in [5.41, 5.74) is 3.66. The van der Waals surface area contributed by atoms with Crippen molar-refractivity contribution in [1.29, 1.82) is 0 Å². The summed E-state index contributed by atoms with van der Waals surface area (Å²) in [6.45, 7) is 0. The van der Waals surface area contributed by atoms with Crippen molar-refractivity contribution >= 4 is 23.9 Å². The molecular weight excluding hydrogens is 284 g/mol. The zero-order valence-electron chi connectivity index (χ0n) is 11.4. The van der Waals surface area contributed by atoms with Gasteiger partial charge < -0.3 is 0 Å². The molecule has 0 saturated heterocycles. The molecule has 0 aliphatic rings. The molecule has 0 unspecified atom stereocenters. The highest BCUT2D eigenvalue weighted by Crippen LogP contribution is 2.12. The van der Waals surface area contributed by atoms with Gasteiger partial charge in [-0.25, -0.2) is 5.43 Å². The lowest BCUT2D eigenvalue weighted by molar-refractivity contribution is -0.384. The highest BCUT2D eigenvalue weighted by Gasteiger charge is 2.02. The van der Waals surface area contributed by atoms with E-state index in [9.17, 15) is 14.9 Å². The van der Waals surface area contributed by atoms with Crippen molar-refractivity contribution in [1.82, 2.24) is 10.4 Å². The number of non-ortho nitro benzene ring substituents is 1. The van der Waals surface area contributed by atoms with Crippen LogP contribution in [0.25, 0.3) is 6.08 Å². The molecular formula is C15H12N4O3. The van der Waals surface area contributed by atoms with Crippen molar-refractivity contribution in [3.05, 3.63) is 76.1 Å². The van der Waals surface area contributed by atoms with Crippen LogP contribution in [-0.4, -0.2) is 22.0 Å². The van der Waals surface area contributed by atoms with Crippen molar-refractivity contribution in [2.24, 2.45) is 5.10 Å². The molecule has 7 nitrogen and oxygen atoms in total. The molecule has 22 heavy (non-hydrogen) atoms. The Hall–Kier alpha value is -3.35. The number of carbonyl (C=O) groups is 1. The summed E-state index contributed by atoms with van der Waals surface area (Å²) < 4.78 is 0. The summed E-state index contributed by atoms with van der Waals surface area (Å²) in [5.74, 6) is -0.331. The van der Waals surface area contributed by atoms with E-state index in [2.05, 4.69) is 15.5 Å². The van der Waals surface area contributed by atoms with Gasteiger partial charge in [0, 0.05) is 36.3 Å². The number of hydrogen-bond donors (Lipinski definition) is 1. The Bertz CT molecular complexity index is 709. The predicted molar refractivity (Wildman–Crippen MR) is 82.3 cm³/mol. The summed E-state index contributed by atoms with van der Waals surface area (Å²) >= 11 is 0. The summed E-state index contributed by atoms with van der Waals surface area (Å²) in [5, 5.41) is 14.3. The van der Waals surface area contributed by atoms with Crippen LogP contribution in [0.3, 0.4) is 0 Å². The van der Waals surface area contributed by atoms with E-state index in [0.29, 0.717) is 5.56 Å². The number of carbonyl (C=O) groups excluding carboxylic acids is 1. The zero-order valence-corrected chi connectivity index (χ0v) is 11.4. The van der Waals surface area contributed by atoms with E-state index in [1.807, 2.05) is 0 Å². The van der Waals surface area contributed by atoms with Crippen LogP contribution in [0.4, 0.5) is 5.69 Å². The molecule has 0 aliphatic carbocycles. The average molecular weight is 296 g/mol. The number of amides is 1. The maximum atomic E-state index is 11.6. The fourth-order valence-electron chi connectivity index (χ4n) is 1.57. The number of aromatic nitrogens is 1. The smallest absolute Gasteiger partial charge is 0.267 e. The molecule has 1 aromatic heterocycles. The minimum atomic E-state index is -0.455. The number of nitrogens with zero attached hydrogens (tertiary/aromatic N) is 3. The van der Waals surface area contributed by atoms with Crippen molar-refractivity contribution in [3.8, 4) is 0 Å². The van der Waals surface area contributed by atoms with Gasteiger partial charge in [-0.2, -0.15) is 5.10 Å². The summed E-state index contributed by atoms with van der Waals surface area (Å²) in [7, 11) is 0. The van der Waals surface area contributed by atoms with E-state index >= 15 is 0 Å². The molecule has 0 spiro atoms. The first-order chi connectivity index (χ1) is 10.7. The van der Waals surface area contributed by atoms with Gasteiger partial charge in [0.2, 0.25) is 0 Å². The number of nitro benzene ring substituents is 1. The third kappa shape index (κ3) is 4.34. The molecule has 0 aliphatic heterocycles. The Kier molecular flexibility index (Phi) is 5.09. The fraction of sp³-hybridized carbons (Fsp3) is 0. The molecule has 0 bridgehead atoms. The van der Waals surface area contributed by atoms with Crippen molar-refractivity contribution in [3.63, 3.8) is 0 Å². The van der Waals surface area contributed by atoms with E-state index in [1.54, 1.807) is 36.4 Å². The van der Waals surface area contributed by atoms with Crippen LogP contribution in [-0.2, 0) is 0 Å². The molecule has 1 N–H and O–H groups in total. The number of benzene rings is 1. The standard InChI is InChI=1S/C15H12N4O3/c20-15(13-7-10-16-11-8-13)18-17-9-1-2-12-3-5-14(6-4-12)19(21)22/h1-11H,(H,18,20)/b2-1+,17-9-. The molecule has 1 amide bonds. The SMILES string of the molecule is O=C(N/N=C\C=C\c1ccc([N+](=O)[O-])cc1)c1ccncc1. The largest absolute Gasteiger partial charge is 0.271 e. The summed E-state index contributed by atoms with van der Waals surface area (Å²) in [4.78, 5) is 25.5. The lowest BCUT2D eigenvalue weighted by Crippen LogP contribution is -2.17. The molecule has 2 aromatic rings. The van der Waals surface area contributed by atoms with Crippen LogP contribution in [0.5, 0.6) is 0 Å². The van der Waals surface area contributed by atoms with Crippen LogP contribution < -0.4 is 5.43 Å². The van der Waals surface area contributed by atoms with E-state index in [0.717, 1.165) is 5.56 Å². The number of nitrogens with one attached hydrogen (secondary N) is 1. The van der Waals surface area contributed by atoms with Gasteiger partial charge in [0.1, 0.15) is 0 Å². The monoisotopic (exact) mass is 296 g/mol. The van der Waals surface area contributed by atoms with E-state index < -0.39 is 4.92 Å². The lowest BCUT2D eigenvalue weighted by atomic mass is 10.2. The Morgan fingerprint density at radius 3 is 2.50 bits per heavy atom. The third-order valence-corrected chi connectivity index (χ3v) is 2.66. The molecule has 1 aromatic carbocycles. The van der Waals surface area contributed by atoms with Gasteiger partial charge in [-0.1, -0.05) is 6.08 Å². The molecule has 0 fully saturated rings. The van der Waals surface area contributed by atoms with E-state index in [4.69, 9.17) is 0 Å². The van der Waals surface area contributed by atoms with Crippen molar-refractivity contribution in [2.75, 3.05) is 0 Å². The molecule has 1 heterocycles. The molecule has 0 atom stereocenters. The highest BCUT2D eigenvalue weighted by molar-refractivity contribution is 5.94. The summed E-state index contributed by atoms with van der Waals surface area (Å²) in [6, 6.07) is 9.25. The first kappa shape index (κ1) is 15.0. The van der Waals surface area contributed by atoms with Crippen molar-refractivity contribution in [2.45, 2.75) is 0 Å². The Morgan fingerprint density at radius 1 is 1.18 bits per heavy atom. The minimum absolute atomic E-state index is 0.0374. The first-order valence-corrected chi connectivity index (χ1v) is 6.31. The fourth-order valence-corrected chi connectivity index (χ4v) is 1.57. The van der Waals surface area contributed by atoms with Crippen LogP contribution in [0.2, 0.25) is 0 Å². The number of rotatable bonds is 5. The van der Waals surface area contributed by atoms with Crippen LogP contribution >= 0.6 is 0 Å². The predicted octanol–water partition coefficient (Wildman–Crippen LogP) is 2.42. The Morgan fingerprint density at radius 2 is 1.86 bits per heavy atom. The first-order valence-electron chi connectivity index (χ1n) is 6.31. The number of nitro groups is 1. The molecule has 7 heteroatoms. The maximum absolute atomic E-state index is 11.6. The number of hydrazone groups is 1. The van der Waals surface area contributed by atoms with Crippen LogP contribution in [0, 0.1) is 10.1 Å². The Labute approximate surface area is 126 Å². The maximum Gasteiger partial charge on any atom is 0.271 e. The highest BCUT2D eigenvalue weighted by atomic mass is 16.6. The second-order valence-electron chi connectivity index (χ2n) is 4.16. The number of hydrogen-bond acceptors (Lipinski definition) is 5. The van der Waals surface area contributed by atoms with Gasteiger partial charge in [0.05, 0.1) is 4.92 Å². The van der Waals surface area contributed by atoms with Gasteiger partial charge in [-0.15, -0.1) is 0 Å². The zero-order chi connectivity index (χ0) is 15.8. The second kappa shape index (κ2) is 7.44. The summed E-state index contributed by atoms with van der Waals surface area (Å²) in [6.07, 6.45) is 7.79. The average Bonchev–Trinajstić information content (AvgIpc) is 2.55. The van der Waals surface area contributed by atoms with Gasteiger partial charge in [-0.3, -0.25) is 19.9 Å². The molecule has 0 saturated carbocycles. The van der Waals surface area contributed by atoms with E-state index in [-0.39, 0.29) is 11.6 Å². The Balaban J connectivity index is 1.87. The minimum Gasteiger partial charge on any atom is -0.267 e. The van der Waals surface area contributed by atoms with Crippen LogP contribution in [0.1, 0.15) is 15.9 Å². The second-order valence-corrected chi connectivity index (χ2v) is 4.16. The molecule has 110 valence electrons. The number of pyridine rings is 1. The quantitative estimate of drug-likeness (QED) is 0.520. The molecule has 0 radical (unpaired) electrons. The molecule has 2 rings (SSSR count). The van der Waals surface area contributed by atoms with Gasteiger partial charge in [-0.05, 0) is 35.9 Å². The van der Waals surface area contributed by atoms with Crippen LogP contribution in [0.15, 0.2) is 60.0 Å². The topological polar surface area (TPSA) is 97.5 Å². The van der Waals surface area contributed by atoms with Gasteiger partial charge in [0.15, 0.2) is 0 Å². The van der Waals surface area contributed by atoms with Crippen molar-refractivity contribution < 1.29 is 9.72 Å². The van der Waals surface area contributed by atoms with Gasteiger partial charge >= 0.3 is 0 Å². The number of allylic oxidation sites excluding steroid dienone is 1. The third-order valence-electron chi connectivity index (χ3n) is 2.66. The van der Waals surface area contributed by atoms with E-state index in [1.165, 1.54) is 30.7 Å².